The van der Waals surface area contributed by atoms with Crippen molar-refractivity contribution in [3.05, 3.63) is 47.5 Å². The van der Waals surface area contributed by atoms with E-state index in [2.05, 4.69) is 5.32 Å². The quantitative estimate of drug-likeness (QED) is 0.913. The highest BCUT2D eigenvalue weighted by atomic mass is 16.7. The van der Waals surface area contributed by atoms with E-state index in [1.165, 1.54) is 0 Å². The SMILES string of the molecule is COc1cc(OC)cc(C(=O)N[C@@H](C)c2ccc3c(c2)OCO3)c1. The van der Waals surface area contributed by atoms with Crippen molar-refractivity contribution in [2.24, 2.45) is 0 Å². The zero-order chi connectivity index (χ0) is 17.1. The first-order valence-electron chi connectivity index (χ1n) is 7.54. The monoisotopic (exact) mass is 329 g/mol. The molecule has 0 saturated carbocycles. The summed E-state index contributed by atoms with van der Waals surface area (Å²) in [6.45, 7) is 2.13. The number of hydrogen-bond donors (Lipinski definition) is 1. The lowest BCUT2D eigenvalue weighted by atomic mass is 10.1. The Balaban J connectivity index is 1.76. The highest BCUT2D eigenvalue weighted by Gasteiger charge is 2.18. The predicted molar refractivity (Wildman–Crippen MR) is 88.0 cm³/mol. The summed E-state index contributed by atoms with van der Waals surface area (Å²) in [5, 5.41) is 2.96. The molecule has 1 aliphatic heterocycles. The first kappa shape index (κ1) is 16.0. The molecule has 1 atom stereocenters. The number of rotatable bonds is 5. The summed E-state index contributed by atoms with van der Waals surface area (Å²) in [5.41, 5.74) is 1.40. The Bertz CT molecular complexity index is 737. The highest BCUT2D eigenvalue weighted by molar-refractivity contribution is 5.95. The number of benzene rings is 2. The molecule has 3 rings (SSSR count). The second-order valence-corrected chi connectivity index (χ2v) is 5.41. The van der Waals surface area contributed by atoms with Gasteiger partial charge in [-0.2, -0.15) is 0 Å². The van der Waals surface area contributed by atoms with Crippen molar-refractivity contribution in [2.45, 2.75) is 13.0 Å². The van der Waals surface area contributed by atoms with Crippen LogP contribution in [0.3, 0.4) is 0 Å². The van der Waals surface area contributed by atoms with Gasteiger partial charge in [0, 0.05) is 11.6 Å². The van der Waals surface area contributed by atoms with Gasteiger partial charge in [-0.25, -0.2) is 0 Å². The summed E-state index contributed by atoms with van der Waals surface area (Å²) in [5.74, 6) is 2.33. The van der Waals surface area contributed by atoms with Crippen molar-refractivity contribution < 1.29 is 23.7 Å². The molecule has 0 saturated heterocycles. The minimum atomic E-state index is -0.211. The van der Waals surface area contributed by atoms with Crippen LogP contribution in [0.1, 0.15) is 28.9 Å². The number of ether oxygens (including phenoxy) is 4. The first-order chi connectivity index (χ1) is 11.6. The van der Waals surface area contributed by atoms with Gasteiger partial charge >= 0.3 is 0 Å². The number of amides is 1. The van der Waals surface area contributed by atoms with Crippen molar-refractivity contribution in [3.8, 4) is 23.0 Å². The molecule has 6 heteroatoms. The van der Waals surface area contributed by atoms with Gasteiger partial charge in [-0.1, -0.05) is 6.07 Å². The molecule has 0 fully saturated rings. The molecule has 1 aliphatic rings. The van der Waals surface area contributed by atoms with E-state index in [-0.39, 0.29) is 18.7 Å². The van der Waals surface area contributed by atoms with E-state index in [4.69, 9.17) is 18.9 Å². The van der Waals surface area contributed by atoms with Crippen LogP contribution in [0.15, 0.2) is 36.4 Å². The third-order valence-corrected chi connectivity index (χ3v) is 3.86. The molecule has 1 heterocycles. The number of methoxy groups -OCH3 is 2. The molecule has 24 heavy (non-hydrogen) atoms. The molecule has 0 aromatic heterocycles. The minimum Gasteiger partial charge on any atom is -0.497 e. The molecule has 0 unspecified atom stereocenters. The van der Waals surface area contributed by atoms with Crippen molar-refractivity contribution >= 4 is 5.91 Å². The molecule has 0 spiro atoms. The standard InChI is InChI=1S/C18H19NO5/c1-11(12-4-5-16-17(8-12)24-10-23-16)19-18(20)13-6-14(21-2)9-15(7-13)22-3/h4-9,11H,10H2,1-3H3,(H,19,20)/t11-/m0/s1. The summed E-state index contributed by atoms with van der Waals surface area (Å²) >= 11 is 0. The second-order valence-electron chi connectivity index (χ2n) is 5.41. The van der Waals surface area contributed by atoms with Crippen LogP contribution in [0.4, 0.5) is 0 Å². The molecule has 0 radical (unpaired) electrons. The van der Waals surface area contributed by atoms with Crippen LogP contribution >= 0.6 is 0 Å². The molecule has 0 aliphatic carbocycles. The number of carbonyl (C=O) groups excluding carboxylic acids is 1. The van der Waals surface area contributed by atoms with E-state index in [0.717, 1.165) is 11.3 Å². The first-order valence-corrected chi connectivity index (χ1v) is 7.54. The average Bonchev–Trinajstić information content (AvgIpc) is 3.08. The Labute approximate surface area is 140 Å². The van der Waals surface area contributed by atoms with Crippen LogP contribution in [0, 0.1) is 0 Å². The zero-order valence-corrected chi connectivity index (χ0v) is 13.8. The number of nitrogens with one attached hydrogen (secondary N) is 1. The maximum absolute atomic E-state index is 12.5. The number of hydrogen-bond acceptors (Lipinski definition) is 5. The van der Waals surface area contributed by atoms with E-state index >= 15 is 0 Å². The van der Waals surface area contributed by atoms with Gasteiger partial charge in [0.25, 0.3) is 5.91 Å². The minimum absolute atomic E-state index is 0.191. The van der Waals surface area contributed by atoms with E-state index < -0.39 is 0 Å². The van der Waals surface area contributed by atoms with E-state index in [1.807, 2.05) is 25.1 Å². The number of fused-ring (bicyclic) bond motifs is 1. The Hall–Kier alpha value is -2.89. The van der Waals surface area contributed by atoms with Gasteiger partial charge in [-0.3, -0.25) is 4.79 Å². The molecule has 126 valence electrons. The average molecular weight is 329 g/mol. The maximum Gasteiger partial charge on any atom is 0.252 e. The van der Waals surface area contributed by atoms with Gasteiger partial charge < -0.3 is 24.3 Å². The molecule has 1 N–H and O–H groups in total. The van der Waals surface area contributed by atoms with Gasteiger partial charge in [-0.05, 0) is 36.8 Å². The molecule has 2 aromatic rings. The van der Waals surface area contributed by atoms with Crippen molar-refractivity contribution in [1.82, 2.24) is 5.32 Å². The van der Waals surface area contributed by atoms with Crippen molar-refractivity contribution in [1.29, 1.82) is 0 Å². The van der Waals surface area contributed by atoms with Crippen molar-refractivity contribution in [3.63, 3.8) is 0 Å². The fourth-order valence-electron chi connectivity index (χ4n) is 2.48. The molecular weight excluding hydrogens is 310 g/mol. The molecule has 6 nitrogen and oxygen atoms in total. The molecule has 1 amide bonds. The lowest BCUT2D eigenvalue weighted by molar-refractivity contribution is 0.0939. The maximum atomic E-state index is 12.5. The lowest BCUT2D eigenvalue weighted by Crippen LogP contribution is -2.26. The van der Waals surface area contributed by atoms with Gasteiger partial charge in [0.2, 0.25) is 6.79 Å². The smallest absolute Gasteiger partial charge is 0.252 e. The summed E-state index contributed by atoms with van der Waals surface area (Å²) < 4.78 is 21.1. The van der Waals surface area contributed by atoms with Crippen LogP contribution < -0.4 is 24.3 Å². The van der Waals surface area contributed by atoms with E-state index in [1.54, 1.807) is 32.4 Å². The summed E-state index contributed by atoms with van der Waals surface area (Å²) in [4.78, 5) is 12.5. The van der Waals surface area contributed by atoms with Gasteiger partial charge in [0.05, 0.1) is 20.3 Å². The van der Waals surface area contributed by atoms with Crippen LogP contribution in [0.25, 0.3) is 0 Å². The fraction of sp³-hybridized carbons (Fsp3) is 0.278. The largest absolute Gasteiger partial charge is 0.497 e. The molecule has 0 bridgehead atoms. The van der Waals surface area contributed by atoms with Crippen LogP contribution in [-0.2, 0) is 0 Å². The third-order valence-electron chi connectivity index (χ3n) is 3.86. The zero-order valence-electron chi connectivity index (χ0n) is 13.8. The summed E-state index contributed by atoms with van der Waals surface area (Å²) in [6, 6.07) is 10.5. The normalized spacial score (nSPS) is 13.3. The van der Waals surface area contributed by atoms with Crippen LogP contribution in [0.2, 0.25) is 0 Å². The summed E-state index contributed by atoms with van der Waals surface area (Å²) in [7, 11) is 3.09. The topological polar surface area (TPSA) is 66.0 Å². The second kappa shape index (κ2) is 6.70. The predicted octanol–water partition coefficient (Wildman–Crippen LogP) is 2.92. The Morgan fingerprint density at radius 2 is 1.71 bits per heavy atom. The van der Waals surface area contributed by atoms with Crippen LogP contribution in [-0.4, -0.2) is 26.9 Å². The van der Waals surface area contributed by atoms with Crippen LogP contribution in [0.5, 0.6) is 23.0 Å². The third kappa shape index (κ3) is 3.22. The Kier molecular flexibility index (Phi) is 4.46. The number of carbonyl (C=O) groups is 1. The molecular formula is C18H19NO5. The lowest BCUT2D eigenvalue weighted by Gasteiger charge is -2.16. The fourth-order valence-corrected chi connectivity index (χ4v) is 2.48. The summed E-state index contributed by atoms with van der Waals surface area (Å²) in [6.07, 6.45) is 0. The van der Waals surface area contributed by atoms with Gasteiger partial charge in [-0.15, -0.1) is 0 Å². The van der Waals surface area contributed by atoms with Gasteiger partial charge in [0.15, 0.2) is 11.5 Å². The molecule has 2 aromatic carbocycles. The van der Waals surface area contributed by atoms with Gasteiger partial charge in [0.1, 0.15) is 11.5 Å². The van der Waals surface area contributed by atoms with Crippen molar-refractivity contribution in [2.75, 3.05) is 21.0 Å². The Morgan fingerprint density at radius 3 is 2.38 bits per heavy atom. The Morgan fingerprint density at radius 1 is 1.04 bits per heavy atom. The van der Waals surface area contributed by atoms with E-state index in [9.17, 15) is 4.79 Å². The van der Waals surface area contributed by atoms with E-state index in [0.29, 0.717) is 22.8 Å². The highest BCUT2D eigenvalue weighted by Crippen LogP contribution is 2.34.